The van der Waals surface area contributed by atoms with Gasteiger partial charge in [0.15, 0.2) is 0 Å². The number of nitriles is 1. The van der Waals surface area contributed by atoms with Gasteiger partial charge in [0.1, 0.15) is 11.9 Å². The van der Waals surface area contributed by atoms with Gasteiger partial charge in [-0.2, -0.15) is 5.26 Å². The third-order valence-corrected chi connectivity index (χ3v) is 4.27. The molecule has 2 aromatic rings. The highest BCUT2D eigenvalue weighted by Gasteiger charge is 2.22. The number of rotatable bonds is 3. The predicted molar refractivity (Wildman–Crippen MR) is 91.5 cm³/mol. The molecular formula is C16H14ClN5O2. The molecular weight excluding hydrogens is 330 g/mol. The van der Waals surface area contributed by atoms with Gasteiger partial charge in [0.05, 0.1) is 21.2 Å². The molecule has 0 unspecified atom stereocenters. The summed E-state index contributed by atoms with van der Waals surface area (Å²) in [5.74, 6) is 0.689. The topological polar surface area (TPSA) is 86.3 Å². The normalized spacial score (nSPS) is 14.3. The zero-order valence-corrected chi connectivity index (χ0v) is 13.5. The molecule has 0 atom stereocenters. The lowest BCUT2D eigenvalue weighted by Gasteiger charge is -2.37. The Bertz CT molecular complexity index is 812. The Morgan fingerprint density at radius 3 is 2.54 bits per heavy atom. The molecule has 0 N–H and O–H groups in total. The van der Waals surface area contributed by atoms with Crippen LogP contribution in [0.5, 0.6) is 0 Å². The lowest BCUT2D eigenvalue weighted by atomic mass is 10.2. The van der Waals surface area contributed by atoms with Crippen LogP contribution in [0.3, 0.4) is 0 Å². The van der Waals surface area contributed by atoms with Crippen molar-refractivity contribution in [2.75, 3.05) is 36.0 Å². The number of piperazine rings is 1. The minimum atomic E-state index is -0.460. The first-order valence-corrected chi connectivity index (χ1v) is 7.77. The molecule has 122 valence electrons. The number of non-ortho nitro benzene ring substituents is 1. The van der Waals surface area contributed by atoms with Crippen molar-refractivity contribution in [3.8, 4) is 6.07 Å². The lowest BCUT2D eigenvalue weighted by Crippen LogP contribution is -2.47. The van der Waals surface area contributed by atoms with Crippen LogP contribution < -0.4 is 9.80 Å². The number of pyridine rings is 1. The van der Waals surface area contributed by atoms with Crippen molar-refractivity contribution in [3.05, 3.63) is 57.2 Å². The van der Waals surface area contributed by atoms with E-state index < -0.39 is 4.92 Å². The van der Waals surface area contributed by atoms with Gasteiger partial charge in [-0.25, -0.2) is 4.98 Å². The van der Waals surface area contributed by atoms with E-state index in [4.69, 9.17) is 11.6 Å². The lowest BCUT2D eigenvalue weighted by molar-refractivity contribution is -0.384. The molecule has 8 heteroatoms. The number of aromatic nitrogens is 1. The zero-order valence-electron chi connectivity index (χ0n) is 12.7. The van der Waals surface area contributed by atoms with Crippen molar-refractivity contribution in [2.45, 2.75) is 0 Å². The quantitative estimate of drug-likeness (QED) is 0.629. The minimum absolute atomic E-state index is 0.0190. The zero-order chi connectivity index (χ0) is 17.1. The Morgan fingerprint density at radius 2 is 1.92 bits per heavy atom. The van der Waals surface area contributed by atoms with Crippen LogP contribution in [-0.4, -0.2) is 36.1 Å². The summed E-state index contributed by atoms with van der Waals surface area (Å²) in [5, 5.41) is 20.3. The summed E-state index contributed by atoms with van der Waals surface area (Å²) in [6.07, 6.45) is 1.68. The van der Waals surface area contributed by atoms with Crippen LogP contribution in [0.1, 0.15) is 5.56 Å². The minimum Gasteiger partial charge on any atom is -0.367 e. The Morgan fingerprint density at radius 1 is 1.21 bits per heavy atom. The smallest absolute Gasteiger partial charge is 0.271 e. The first kappa shape index (κ1) is 16.0. The molecule has 0 radical (unpaired) electrons. The van der Waals surface area contributed by atoms with Crippen LogP contribution in [-0.2, 0) is 0 Å². The SMILES string of the molecule is N#Cc1cccnc1N1CCN(c2ccc([N+](=O)[O-])cc2Cl)CC1. The molecule has 0 bridgehead atoms. The van der Waals surface area contributed by atoms with E-state index in [1.165, 1.54) is 12.1 Å². The van der Waals surface area contributed by atoms with Gasteiger partial charge < -0.3 is 9.80 Å². The van der Waals surface area contributed by atoms with Crippen molar-refractivity contribution in [2.24, 2.45) is 0 Å². The fraction of sp³-hybridized carbons (Fsp3) is 0.250. The number of hydrogen-bond donors (Lipinski definition) is 0. The first-order valence-electron chi connectivity index (χ1n) is 7.39. The maximum atomic E-state index is 10.8. The van der Waals surface area contributed by atoms with Gasteiger partial charge in [0.2, 0.25) is 0 Å². The van der Waals surface area contributed by atoms with E-state index in [0.717, 1.165) is 5.69 Å². The highest BCUT2D eigenvalue weighted by Crippen LogP contribution is 2.31. The van der Waals surface area contributed by atoms with E-state index >= 15 is 0 Å². The fourth-order valence-electron chi connectivity index (χ4n) is 2.76. The number of halogens is 1. The molecule has 7 nitrogen and oxygen atoms in total. The Kier molecular flexibility index (Phi) is 4.49. The van der Waals surface area contributed by atoms with Crippen LogP contribution in [0, 0.1) is 21.4 Å². The molecule has 0 saturated carbocycles. The Hall–Kier alpha value is -2.85. The summed E-state index contributed by atoms with van der Waals surface area (Å²) in [6, 6.07) is 10.2. The maximum absolute atomic E-state index is 10.8. The van der Waals surface area contributed by atoms with Gasteiger partial charge >= 0.3 is 0 Å². The van der Waals surface area contributed by atoms with Crippen LogP contribution in [0.25, 0.3) is 0 Å². The maximum Gasteiger partial charge on any atom is 0.271 e. The van der Waals surface area contributed by atoms with Crippen molar-refractivity contribution < 1.29 is 4.92 Å². The predicted octanol–water partition coefficient (Wildman–Crippen LogP) is 2.84. The summed E-state index contributed by atoms with van der Waals surface area (Å²) in [4.78, 5) is 18.8. The number of nitro benzene ring substituents is 1. The Labute approximate surface area is 143 Å². The van der Waals surface area contributed by atoms with Gasteiger partial charge in [-0.15, -0.1) is 0 Å². The summed E-state index contributed by atoms with van der Waals surface area (Å²) in [7, 11) is 0. The molecule has 1 aromatic carbocycles. The number of nitrogens with zero attached hydrogens (tertiary/aromatic N) is 5. The van der Waals surface area contributed by atoms with Crippen molar-refractivity contribution in [1.29, 1.82) is 5.26 Å². The Balaban J connectivity index is 1.74. The van der Waals surface area contributed by atoms with E-state index in [9.17, 15) is 15.4 Å². The monoisotopic (exact) mass is 343 g/mol. The molecule has 1 aliphatic rings. The van der Waals surface area contributed by atoms with Gasteiger partial charge in [-0.1, -0.05) is 11.6 Å². The standard InChI is InChI=1S/C16H14ClN5O2/c17-14-10-13(22(23)24)3-4-15(14)20-6-8-21(9-7-20)16-12(11-18)2-1-5-19-16/h1-5,10H,6-9H2. The molecule has 24 heavy (non-hydrogen) atoms. The van der Waals surface area contributed by atoms with Crippen molar-refractivity contribution in [3.63, 3.8) is 0 Å². The van der Waals surface area contributed by atoms with Gasteiger partial charge in [-0.3, -0.25) is 10.1 Å². The van der Waals surface area contributed by atoms with E-state index in [1.807, 2.05) is 0 Å². The summed E-state index contributed by atoms with van der Waals surface area (Å²) in [6.45, 7) is 2.77. The largest absolute Gasteiger partial charge is 0.367 e. The summed E-state index contributed by atoms with van der Waals surface area (Å²) >= 11 is 6.19. The first-order chi connectivity index (χ1) is 11.6. The molecule has 0 aliphatic carbocycles. The highest BCUT2D eigenvalue weighted by atomic mass is 35.5. The van der Waals surface area contributed by atoms with Gasteiger partial charge in [-0.05, 0) is 18.2 Å². The highest BCUT2D eigenvalue weighted by molar-refractivity contribution is 6.33. The average Bonchev–Trinajstić information content (AvgIpc) is 2.61. The van der Waals surface area contributed by atoms with Crippen LogP contribution >= 0.6 is 11.6 Å². The fourth-order valence-corrected chi connectivity index (χ4v) is 3.06. The molecule has 1 aliphatic heterocycles. The number of anilines is 2. The third-order valence-electron chi connectivity index (χ3n) is 3.97. The van der Waals surface area contributed by atoms with Crippen LogP contribution in [0.4, 0.5) is 17.2 Å². The van der Waals surface area contributed by atoms with Gasteiger partial charge in [0.25, 0.3) is 5.69 Å². The molecule has 1 aromatic heterocycles. The number of hydrogen-bond acceptors (Lipinski definition) is 6. The second kappa shape index (κ2) is 6.72. The third kappa shape index (κ3) is 3.09. The molecule has 2 heterocycles. The molecule has 1 fully saturated rings. The van der Waals surface area contributed by atoms with E-state index in [2.05, 4.69) is 20.9 Å². The van der Waals surface area contributed by atoms with E-state index in [1.54, 1.807) is 24.4 Å². The molecule has 0 amide bonds. The average molecular weight is 344 g/mol. The van der Waals surface area contributed by atoms with E-state index in [-0.39, 0.29) is 5.69 Å². The van der Waals surface area contributed by atoms with Crippen molar-refractivity contribution in [1.82, 2.24) is 4.98 Å². The summed E-state index contributed by atoms with van der Waals surface area (Å²) < 4.78 is 0. The van der Waals surface area contributed by atoms with E-state index in [0.29, 0.717) is 42.6 Å². The second-order valence-corrected chi connectivity index (χ2v) is 5.76. The van der Waals surface area contributed by atoms with Gasteiger partial charge in [0, 0.05) is 44.5 Å². The molecule has 1 saturated heterocycles. The van der Waals surface area contributed by atoms with Crippen molar-refractivity contribution >= 4 is 28.8 Å². The molecule has 0 spiro atoms. The summed E-state index contributed by atoms with van der Waals surface area (Å²) in [5.41, 5.74) is 1.32. The van der Waals surface area contributed by atoms with Crippen LogP contribution in [0.2, 0.25) is 5.02 Å². The molecule has 3 rings (SSSR count). The number of benzene rings is 1. The second-order valence-electron chi connectivity index (χ2n) is 5.35. The van der Waals surface area contributed by atoms with Crippen LogP contribution in [0.15, 0.2) is 36.5 Å². The number of nitro groups is 1.